The quantitative estimate of drug-likeness (QED) is 0.504. The van der Waals surface area contributed by atoms with Crippen LogP contribution in [0.3, 0.4) is 0 Å². The summed E-state index contributed by atoms with van der Waals surface area (Å²) < 4.78 is 5.37. The van der Waals surface area contributed by atoms with Gasteiger partial charge >= 0.3 is 12.1 Å². The third kappa shape index (κ3) is 4.98. The van der Waals surface area contributed by atoms with E-state index in [9.17, 15) is 14.4 Å². The minimum Gasteiger partial charge on any atom is -0.478 e. The first-order valence-corrected chi connectivity index (χ1v) is 9.84. The molecule has 0 saturated heterocycles. The van der Waals surface area contributed by atoms with E-state index in [1.807, 2.05) is 0 Å². The summed E-state index contributed by atoms with van der Waals surface area (Å²) in [6.07, 6.45) is 3.30. The van der Waals surface area contributed by atoms with Crippen LogP contribution in [0.4, 0.5) is 4.79 Å². The molecule has 2 heterocycles. The standard InChI is InChI=1S/C20H26N6O5/c1-19(2,3)31-18(30)26-7-4-13(21)12(10-26)14(22)15(27)25-20(5-6-20)17-23-8-11(9-24-17)16(28)29/h8-9,22H,4-7,10,21H2,1-3H3,(H,25,27)(H,28,29). The van der Waals surface area contributed by atoms with Gasteiger partial charge in [0.25, 0.3) is 5.91 Å². The highest BCUT2D eigenvalue weighted by Crippen LogP contribution is 2.43. The van der Waals surface area contributed by atoms with Gasteiger partial charge in [0.05, 0.1) is 12.1 Å². The Morgan fingerprint density at radius 3 is 2.39 bits per heavy atom. The van der Waals surface area contributed by atoms with Gasteiger partial charge in [0.1, 0.15) is 16.9 Å². The lowest BCUT2D eigenvalue weighted by molar-refractivity contribution is -0.115. The molecule has 166 valence electrons. The molecule has 2 amide bonds. The first-order valence-electron chi connectivity index (χ1n) is 9.84. The number of ether oxygens (including phenoxy) is 1. The Morgan fingerprint density at radius 1 is 1.26 bits per heavy atom. The van der Waals surface area contributed by atoms with Crippen LogP contribution in [-0.2, 0) is 15.1 Å². The van der Waals surface area contributed by atoms with Crippen molar-refractivity contribution in [3.63, 3.8) is 0 Å². The number of nitrogens with one attached hydrogen (secondary N) is 2. The van der Waals surface area contributed by atoms with Gasteiger partial charge in [-0.3, -0.25) is 10.2 Å². The normalized spacial score (nSPS) is 17.7. The molecule has 1 aromatic heterocycles. The number of rotatable bonds is 5. The number of nitrogens with zero attached hydrogens (tertiary/aromatic N) is 3. The van der Waals surface area contributed by atoms with Crippen LogP contribution < -0.4 is 11.1 Å². The Kier molecular flexibility index (Phi) is 5.70. The van der Waals surface area contributed by atoms with E-state index in [-0.39, 0.29) is 23.4 Å². The molecule has 1 aliphatic heterocycles. The Hall–Kier alpha value is -3.50. The fraction of sp³-hybridized carbons (Fsp3) is 0.500. The third-order valence-electron chi connectivity index (χ3n) is 5.00. The molecular weight excluding hydrogens is 404 g/mol. The number of hydrogen-bond donors (Lipinski definition) is 4. The minimum absolute atomic E-state index is 0.00378. The number of aromatic carboxylic acids is 1. The highest BCUT2D eigenvalue weighted by Gasteiger charge is 2.49. The molecule has 3 rings (SSSR count). The van der Waals surface area contributed by atoms with E-state index in [0.29, 0.717) is 37.3 Å². The maximum atomic E-state index is 12.8. The summed E-state index contributed by atoms with van der Waals surface area (Å²) >= 11 is 0. The second-order valence-corrected chi connectivity index (χ2v) is 8.67. The van der Waals surface area contributed by atoms with E-state index in [4.69, 9.17) is 21.0 Å². The van der Waals surface area contributed by atoms with E-state index in [1.54, 1.807) is 20.8 Å². The summed E-state index contributed by atoms with van der Waals surface area (Å²) in [5.41, 5.74) is 4.80. The highest BCUT2D eigenvalue weighted by atomic mass is 16.6. The molecule has 0 atom stereocenters. The monoisotopic (exact) mass is 430 g/mol. The number of carbonyl (C=O) groups excluding carboxylic acids is 2. The third-order valence-corrected chi connectivity index (χ3v) is 5.00. The SMILES string of the molecule is CC(C)(C)OC(=O)N1CCC(N)=C(C(=N)C(=O)NC2(c3ncc(C(=O)O)cn3)CC2)C1. The molecule has 0 radical (unpaired) electrons. The maximum absolute atomic E-state index is 12.8. The predicted molar refractivity (Wildman–Crippen MR) is 109 cm³/mol. The van der Waals surface area contributed by atoms with Gasteiger partial charge in [-0.15, -0.1) is 0 Å². The molecule has 0 bridgehead atoms. The van der Waals surface area contributed by atoms with Crippen LogP contribution >= 0.6 is 0 Å². The van der Waals surface area contributed by atoms with E-state index < -0.39 is 29.1 Å². The van der Waals surface area contributed by atoms with Gasteiger partial charge in [-0.05, 0) is 33.6 Å². The molecule has 11 heteroatoms. The van der Waals surface area contributed by atoms with Crippen molar-refractivity contribution in [2.45, 2.75) is 51.2 Å². The Balaban J connectivity index is 1.69. The van der Waals surface area contributed by atoms with Crippen molar-refractivity contribution in [1.82, 2.24) is 20.2 Å². The molecule has 11 nitrogen and oxygen atoms in total. The molecule has 31 heavy (non-hydrogen) atoms. The van der Waals surface area contributed by atoms with Crippen LogP contribution in [0.1, 0.15) is 56.2 Å². The van der Waals surface area contributed by atoms with Gasteiger partial charge in [0.2, 0.25) is 0 Å². The molecule has 0 unspecified atom stereocenters. The van der Waals surface area contributed by atoms with Crippen molar-refractivity contribution >= 4 is 23.7 Å². The summed E-state index contributed by atoms with van der Waals surface area (Å²) in [5.74, 6) is -1.51. The summed E-state index contributed by atoms with van der Waals surface area (Å²) in [6.45, 7) is 5.62. The summed E-state index contributed by atoms with van der Waals surface area (Å²) in [4.78, 5) is 45.7. The fourth-order valence-corrected chi connectivity index (χ4v) is 3.13. The molecule has 1 aromatic rings. The zero-order valence-corrected chi connectivity index (χ0v) is 17.7. The van der Waals surface area contributed by atoms with Crippen LogP contribution in [0.15, 0.2) is 23.7 Å². The van der Waals surface area contributed by atoms with Crippen molar-refractivity contribution in [2.24, 2.45) is 5.73 Å². The minimum atomic E-state index is -1.14. The molecule has 1 fully saturated rings. The summed E-state index contributed by atoms with van der Waals surface area (Å²) in [6, 6.07) is 0. The second-order valence-electron chi connectivity index (χ2n) is 8.67. The lowest BCUT2D eigenvalue weighted by Gasteiger charge is -2.31. The Labute approximate surface area is 179 Å². The predicted octanol–water partition coefficient (Wildman–Crippen LogP) is 1.15. The average molecular weight is 430 g/mol. The zero-order chi connectivity index (χ0) is 23.0. The largest absolute Gasteiger partial charge is 0.478 e. The van der Waals surface area contributed by atoms with Crippen molar-refractivity contribution in [3.8, 4) is 0 Å². The average Bonchev–Trinajstić information content (AvgIpc) is 3.47. The first kappa shape index (κ1) is 22.2. The molecule has 0 aromatic carbocycles. The van der Waals surface area contributed by atoms with Crippen LogP contribution in [0.2, 0.25) is 0 Å². The maximum Gasteiger partial charge on any atom is 0.410 e. The van der Waals surface area contributed by atoms with E-state index in [1.165, 1.54) is 17.3 Å². The molecule has 0 spiro atoms. The number of carboxylic acids is 1. The molecule has 5 N–H and O–H groups in total. The smallest absolute Gasteiger partial charge is 0.410 e. The fourth-order valence-electron chi connectivity index (χ4n) is 3.13. The van der Waals surface area contributed by atoms with Gasteiger partial charge in [0, 0.05) is 36.6 Å². The number of amides is 2. The lowest BCUT2D eigenvalue weighted by Crippen LogP contribution is -2.46. The van der Waals surface area contributed by atoms with Crippen molar-refractivity contribution < 1.29 is 24.2 Å². The van der Waals surface area contributed by atoms with Crippen LogP contribution in [0.25, 0.3) is 0 Å². The van der Waals surface area contributed by atoms with Crippen LogP contribution in [0.5, 0.6) is 0 Å². The van der Waals surface area contributed by atoms with Gasteiger partial charge < -0.3 is 25.8 Å². The number of nitrogens with two attached hydrogens (primary N) is 1. The van der Waals surface area contributed by atoms with Crippen molar-refractivity contribution in [3.05, 3.63) is 35.1 Å². The lowest BCUT2D eigenvalue weighted by atomic mass is 10.0. The first-order chi connectivity index (χ1) is 14.4. The molecular formula is C20H26N6O5. The number of carboxylic acid groups (broad SMARTS) is 1. The van der Waals surface area contributed by atoms with Gasteiger partial charge in [-0.25, -0.2) is 19.6 Å². The zero-order valence-electron chi connectivity index (χ0n) is 17.7. The summed E-state index contributed by atoms with van der Waals surface area (Å²) in [7, 11) is 0. The van der Waals surface area contributed by atoms with Gasteiger partial charge in [0.15, 0.2) is 5.82 Å². The van der Waals surface area contributed by atoms with E-state index in [0.717, 1.165) is 0 Å². The summed E-state index contributed by atoms with van der Waals surface area (Å²) in [5, 5.41) is 20.1. The molecule has 1 aliphatic carbocycles. The molecule has 1 saturated carbocycles. The topological polar surface area (TPSA) is 172 Å². The highest BCUT2D eigenvalue weighted by molar-refractivity contribution is 6.44. The van der Waals surface area contributed by atoms with Gasteiger partial charge in [-0.2, -0.15) is 0 Å². The van der Waals surface area contributed by atoms with E-state index >= 15 is 0 Å². The van der Waals surface area contributed by atoms with Gasteiger partial charge in [-0.1, -0.05) is 0 Å². The second kappa shape index (κ2) is 7.97. The Bertz CT molecular complexity index is 959. The number of hydrogen-bond acceptors (Lipinski definition) is 8. The number of carbonyl (C=O) groups is 3. The van der Waals surface area contributed by atoms with Crippen LogP contribution in [0, 0.1) is 5.41 Å². The van der Waals surface area contributed by atoms with E-state index in [2.05, 4.69) is 15.3 Å². The molecule has 2 aliphatic rings. The van der Waals surface area contributed by atoms with Crippen molar-refractivity contribution in [2.75, 3.05) is 13.1 Å². The Morgan fingerprint density at radius 2 is 1.87 bits per heavy atom. The van der Waals surface area contributed by atoms with Crippen molar-refractivity contribution in [1.29, 1.82) is 5.41 Å². The van der Waals surface area contributed by atoms with Crippen LogP contribution in [-0.4, -0.2) is 62.3 Å². The number of aromatic nitrogens is 2.